The van der Waals surface area contributed by atoms with Crippen molar-refractivity contribution < 1.29 is 4.74 Å². The van der Waals surface area contributed by atoms with E-state index in [0.717, 1.165) is 26.2 Å². The van der Waals surface area contributed by atoms with E-state index in [1.807, 2.05) is 0 Å². The van der Waals surface area contributed by atoms with E-state index in [-0.39, 0.29) is 0 Å². The van der Waals surface area contributed by atoms with Crippen LogP contribution in [0.1, 0.15) is 34.1 Å². The molecule has 17 heavy (non-hydrogen) atoms. The first-order chi connectivity index (χ1) is 8.06. The van der Waals surface area contributed by atoms with Crippen molar-refractivity contribution in [2.45, 2.75) is 46.3 Å². The highest BCUT2D eigenvalue weighted by Gasteiger charge is 2.36. The summed E-state index contributed by atoms with van der Waals surface area (Å²) in [6.07, 6.45) is 2.04. The van der Waals surface area contributed by atoms with Gasteiger partial charge in [-0.05, 0) is 39.8 Å². The van der Waals surface area contributed by atoms with Crippen molar-refractivity contribution in [3.8, 4) is 0 Å². The third kappa shape index (κ3) is 4.57. The number of rotatable bonds is 7. The SMILES string of the molecule is CCCNCCN(C)CC1C(C)OC(C)C1C. The minimum Gasteiger partial charge on any atom is -0.375 e. The Morgan fingerprint density at radius 3 is 2.35 bits per heavy atom. The van der Waals surface area contributed by atoms with Crippen molar-refractivity contribution in [2.75, 3.05) is 33.2 Å². The van der Waals surface area contributed by atoms with Gasteiger partial charge in [-0.3, -0.25) is 0 Å². The van der Waals surface area contributed by atoms with Gasteiger partial charge in [-0.15, -0.1) is 0 Å². The maximum Gasteiger partial charge on any atom is 0.0594 e. The number of hydrogen-bond acceptors (Lipinski definition) is 3. The lowest BCUT2D eigenvalue weighted by atomic mass is 9.89. The molecule has 1 rings (SSSR count). The lowest BCUT2D eigenvalue weighted by Gasteiger charge is -2.25. The molecule has 0 radical (unpaired) electrons. The van der Waals surface area contributed by atoms with Crippen molar-refractivity contribution >= 4 is 0 Å². The van der Waals surface area contributed by atoms with Crippen molar-refractivity contribution in [1.29, 1.82) is 0 Å². The van der Waals surface area contributed by atoms with Gasteiger partial charge in [0, 0.05) is 25.6 Å². The Labute approximate surface area is 107 Å². The minimum absolute atomic E-state index is 0.408. The molecule has 1 fully saturated rings. The van der Waals surface area contributed by atoms with Gasteiger partial charge in [0.1, 0.15) is 0 Å². The van der Waals surface area contributed by atoms with Gasteiger partial charge in [0.05, 0.1) is 12.2 Å². The zero-order valence-electron chi connectivity index (χ0n) is 12.2. The predicted octanol–water partition coefficient (Wildman–Crippen LogP) is 1.98. The van der Waals surface area contributed by atoms with E-state index in [1.54, 1.807) is 0 Å². The highest BCUT2D eigenvalue weighted by molar-refractivity contribution is 4.85. The average molecular weight is 242 g/mol. The Morgan fingerprint density at radius 1 is 1.12 bits per heavy atom. The first-order valence-corrected chi connectivity index (χ1v) is 7.11. The van der Waals surface area contributed by atoms with Gasteiger partial charge in [-0.1, -0.05) is 13.8 Å². The molecular weight excluding hydrogens is 212 g/mol. The summed E-state index contributed by atoms with van der Waals surface area (Å²) in [6.45, 7) is 13.4. The molecule has 3 heteroatoms. The molecule has 1 aliphatic heterocycles. The van der Waals surface area contributed by atoms with Gasteiger partial charge < -0.3 is 15.0 Å². The zero-order valence-corrected chi connectivity index (χ0v) is 12.2. The van der Waals surface area contributed by atoms with Crippen LogP contribution in [0.15, 0.2) is 0 Å². The number of ether oxygens (including phenoxy) is 1. The first kappa shape index (κ1) is 14.9. The molecule has 0 aromatic carbocycles. The normalized spacial score (nSPS) is 33.5. The Balaban J connectivity index is 2.23. The molecule has 3 nitrogen and oxygen atoms in total. The Bertz CT molecular complexity index is 210. The van der Waals surface area contributed by atoms with E-state index in [1.165, 1.54) is 6.42 Å². The summed E-state index contributed by atoms with van der Waals surface area (Å²) in [4.78, 5) is 2.43. The molecule has 1 aliphatic rings. The van der Waals surface area contributed by atoms with E-state index in [2.05, 4.69) is 45.0 Å². The lowest BCUT2D eigenvalue weighted by molar-refractivity contribution is 0.0482. The fourth-order valence-electron chi connectivity index (χ4n) is 2.68. The average Bonchev–Trinajstić information content (AvgIpc) is 2.52. The second-order valence-electron chi connectivity index (χ2n) is 5.58. The first-order valence-electron chi connectivity index (χ1n) is 7.11. The zero-order chi connectivity index (χ0) is 12.8. The number of nitrogens with zero attached hydrogens (tertiary/aromatic N) is 1. The highest BCUT2D eigenvalue weighted by Crippen LogP contribution is 2.32. The molecule has 0 saturated carbocycles. The molecule has 0 bridgehead atoms. The minimum atomic E-state index is 0.408. The second kappa shape index (κ2) is 7.34. The molecule has 0 aromatic rings. The van der Waals surface area contributed by atoms with Crippen LogP contribution in [0.3, 0.4) is 0 Å². The van der Waals surface area contributed by atoms with E-state index < -0.39 is 0 Å². The number of nitrogens with one attached hydrogen (secondary N) is 1. The van der Waals surface area contributed by atoms with Gasteiger partial charge in [-0.2, -0.15) is 0 Å². The number of hydrogen-bond donors (Lipinski definition) is 1. The smallest absolute Gasteiger partial charge is 0.0594 e. The lowest BCUT2D eigenvalue weighted by Crippen LogP contribution is -2.36. The van der Waals surface area contributed by atoms with Crippen LogP contribution in [-0.4, -0.2) is 50.3 Å². The Kier molecular flexibility index (Phi) is 6.45. The van der Waals surface area contributed by atoms with E-state index in [9.17, 15) is 0 Å². The molecule has 0 spiro atoms. The van der Waals surface area contributed by atoms with Crippen molar-refractivity contribution in [3.63, 3.8) is 0 Å². The summed E-state index contributed by atoms with van der Waals surface area (Å²) >= 11 is 0. The molecule has 4 atom stereocenters. The topological polar surface area (TPSA) is 24.5 Å². The molecule has 0 amide bonds. The van der Waals surface area contributed by atoms with Crippen LogP contribution in [0.2, 0.25) is 0 Å². The predicted molar refractivity (Wildman–Crippen MR) is 73.3 cm³/mol. The third-order valence-electron chi connectivity index (χ3n) is 4.07. The van der Waals surface area contributed by atoms with E-state index in [0.29, 0.717) is 24.0 Å². The molecule has 0 aromatic heterocycles. The second-order valence-corrected chi connectivity index (χ2v) is 5.58. The molecule has 1 saturated heterocycles. The van der Waals surface area contributed by atoms with Crippen molar-refractivity contribution in [3.05, 3.63) is 0 Å². The maximum absolute atomic E-state index is 5.89. The molecule has 4 unspecified atom stereocenters. The van der Waals surface area contributed by atoms with Crippen LogP contribution < -0.4 is 5.32 Å². The van der Waals surface area contributed by atoms with E-state index in [4.69, 9.17) is 4.74 Å². The van der Waals surface area contributed by atoms with Crippen molar-refractivity contribution in [1.82, 2.24) is 10.2 Å². The van der Waals surface area contributed by atoms with Crippen molar-refractivity contribution in [2.24, 2.45) is 11.8 Å². The fraction of sp³-hybridized carbons (Fsp3) is 1.00. The van der Waals surface area contributed by atoms with Gasteiger partial charge in [0.15, 0.2) is 0 Å². The highest BCUT2D eigenvalue weighted by atomic mass is 16.5. The number of likely N-dealkylation sites (N-methyl/N-ethyl adjacent to an activating group) is 1. The summed E-state index contributed by atoms with van der Waals surface area (Å²) < 4.78 is 5.89. The van der Waals surface area contributed by atoms with Gasteiger partial charge in [-0.25, -0.2) is 0 Å². The molecule has 1 N–H and O–H groups in total. The van der Waals surface area contributed by atoms with E-state index >= 15 is 0 Å². The summed E-state index contributed by atoms with van der Waals surface area (Å²) in [5, 5.41) is 3.45. The molecule has 102 valence electrons. The van der Waals surface area contributed by atoms with Crippen LogP contribution in [0, 0.1) is 11.8 Å². The molecule has 0 aliphatic carbocycles. The largest absolute Gasteiger partial charge is 0.375 e. The summed E-state index contributed by atoms with van der Waals surface area (Å²) in [5.41, 5.74) is 0. The molecule has 1 heterocycles. The quantitative estimate of drug-likeness (QED) is 0.691. The summed E-state index contributed by atoms with van der Waals surface area (Å²) in [7, 11) is 2.22. The van der Waals surface area contributed by atoms with Crippen LogP contribution in [-0.2, 0) is 4.74 Å². The Morgan fingerprint density at radius 2 is 1.82 bits per heavy atom. The fourth-order valence-corrected chi connectivity index (χ4v) is 2.68. The van der Waals surface area contributed by atoms with Gasteiger partial charge in [0.25, 0.3) is 0 Å². The summed E-state index contributed by atoms with van der Waals surface area (Å²) in [6, 6.07) is 0. The summed E-state index contributed by atoms with van der Waals surface area (Å²) in [5.74, 6) is 1.36. The Hall–Kier alpha value is -0.120. The maximum atomic E-state index is 5.89. The van der Waals surface area contributed by atoms with Crippen LogP contribution in [0.25, 0.3) is 0 Å². The van der Waals surface area contributed by atoms with Gasteiger partial charge in [0.2, 0.25) is 0 Å². The molecular formula is C14H30N2O. The van der Waals surface area contributed by atoms with Crippen LogP contribution >= 0.6 is 0 Å². The standard InChI is InChI=1S/C14H30N2O/c1-6-7-15-8-9-16(5)10-14-11(2)12(3)17-13(14)4/h11-15H,6-10H2,1-5H3. The monoisotopic (exact) mass is 242 g/mol. The van der Waals surface area contributed by atoms with Crippen LogP contribution in [0.5, 0.6) is 0 Å². The van der Waals surface area contributed by atoms with Crippen LogP contribution in [0.4, 0.5) is 0 Å². The van der Waals surface area contributed by atoms with Gasteiger partial charge >= 0.3 is 0 Å². The third-order valence-corrected chi connectivity index (χ3v) is 4.07.